The SMILES string of the molecule is CCOc1cc(C)c(Cl)c(C)c1C(=O)CN1CCCCC1. The van der Waals surface area contributed by atoms with Gasteiger partial charge in [-0.25, -0.2) is 0 Å². The summed E-state index contributed by atoms with van der Waals surface area (Å²) in [5, 5.41) is 0.667. The van der Waals surface area contributed by atoms with Gasteiger partial charge in [0.25, 0.3) is 0 Å². The number of carbonyl (C=O) groups is 1. The van der Waals surface area contributed by atoms with Crippen LogP contribution >= 0.6 is 11.6 Å². The highest BCUT2D eigenvalue weighted by molar-refractivity contribution is 6.32. The summed E-state index contributed by atoms with van der Waals surface area (Å²) >= 11 is 6.32. The van der Waals surface area contributed by atoms with Crippen LogP contribution in [0.2, 0.25) is 5.02 Å². The van der Waals surface area contributed by atoms with E-state index in [2.05, 4.69) is 4.90 Å². The Bertz CT molecular complexity index is 522. The average Bonchev–Trinajstić information content (AvgIpc) is 2.46. The second-order valence-electron chi connectivity index (χ2n) is 5.70. The number of benzene rings is 1. The highest BCUT2D eigenvalue weighted by atomic mass is 35.5. The van der Waals surface area contributed by atoms with Crippen LogP contribution in [0.5, 0.6) is 5.75 Å². The summed E-state index contributed by atoms with van der Waals surface area (Å²) in [6.45, 7) is 8.80. The molecule has 0 unspecified atom stereocenters. The Morgan fingerprint density at radius 3 is 2.57 bits per heavy atom. The monoisotopic (exact) mass is 309 g/mol. The van der Waals surface area contributed by atoms with Gasteiger partial charge in [-0.1, -0.05) is 18.0 Å². The second kappa shape index (κ2) is 7.28. The van der Waals surface area contributed by atoms with Gasteiger partial charge in [-0.05, 0) is 63.9 Å². The van der Waals surface area contributed by atoms with Gasteiger partial charge < -0.3 is 4.74 Å². The van der Waals surface area contributed by atoms with E-state index in [0.29, 0.717) is 29.5 Å². The standard InChI is InChI=1S/C17H24ClNO2/c1-4-21-15-10-12(2)17(18)13(3)16(15)14(20)11-19-8-6-5-7-9-19/h10H,4-9,11H2,1-3H3. The number of carbonyl (C=O) groups excluding carboxylic acids is 1. The minimum Gasteiger partial charge on any atom is -0.493 e. The first kappa shape index (κ1) is 16.3. The van der Waals surface area contributed by atoms with E-state index >= 15 is 0 Å². The summed E-state index contributed by atoms with van der Waals surface area (Å²) in [5.74, 6) is 0.777. The first-order valence-corrected chi connectivity index (χ1v) is 8.10. The first-order valence-electron chi connectivity index (χ1n) is 7.72. The van der Waals surface area contributed by atoms with Crippen LogP contribution in [0.4, 0.5) is 0 Å². The second-order valence-corrected chi connectivity index (χ2v) is 6.08. The molecule has 0 saturated carbocycles. The molecule has 1 aliphatic rings. The molecule has 0 aliphatic carbocycles. The van der Waals surface area contributed by atoms with Gasteiger partial charge in [0.05, 0.1) is 18.7 Å². The maximum Gasteiger partial charge on any atom is 0.180 e. The number of piperidine rings is 1. The molecule has 0 N–H and O–H groups in total. The third-order valence-corrected chi connectivity index (χ3v) is 4.62. The molecular formula is C17H24ClNO2. The molecule has 1 saturated heterocycles. The van der Waals surface area contributed by atoms with Gasteiger partial charge in [-0.15, -0.1) is 0 Å². The van der Waals surface area contributed by atoms with E-state index in [9.17, 15) is 4.79 Å². The van der Waals surface area contributed by atoms with Crippen molar-refractivity contribution in [3.63, 3.8) is 0 Å². The molecule has 1 aliphatic heterocycles. The van der Waals surface area contributed by atoms with Crippen molar-refractivity contribution in [1.82, 2.24) is 4.90 Å². The van der Waals surface area contributed by atoms with Crippen molar-refractivity contribution in [1.29, 1.82) is 0 Å². The summed E-state index contributed by atoms with van der Waals surface area (Å²) in [6.07, 6.45) is 3.63. The zero-order valence-corrected chi connectivity index (χ0v) is 13.9. The number of ketones is 1. The molecule has 1 fully saturated rings. The number of Topliss-reactive ketones (excluding diaryl/α,β-unsaturated/α-hetero) is 1. The van der Waals surface area contributed by atoms with Crippen LogP contribution in [0.25, 0.3) is 0 Å². The van der Waals surface area contributed by atoms with Crippen molar-refractivity contribution < 1.29 is 9.53 Å². The van der Waals surface area contributed by atoms with Crippen LogP contribution in [0.1, 0.15) is 47.7 Å². The van der Waals surface area contributed by atoms with Crippen LogP contribution < -0.4 is 4.74 Å². The number of hydrogen-bond donors (Lipinski definition) is 0. The summed E-state index contributed by atoms with van der Waals surface area (Å²) in [4.78, 5) is 14.9. The third-order valence-electron chi connectivity index (χ3n) is 4.04. The fraction of sp³-hybridized carbons (Fsp3) is 0.588. The van der Waals surface area contributed by atoms with Gasteiger partial charge >= 0.3 is 0 Å². The molecule has 2 rings (SSSR count). The lowest BCUT2D eigenvalue weighted by atomic mass is 9.99. The Labute approximate surface area is 132 Å². The van der Waals surface area contributed by atoms with E-state index in [0.717, 1.165) is 24.2 Å². The van der Waals surface area contributed by atoms with E-state index in [-0.39, 0.29) is 5.78 Å². The molecule has 0 aromatic heterocycles. The highest BCUT2D eigenvalue weighted by Crippen LogP contribution is 2.32. The van der Waals surface area contributed by atoms with Crippen molar-refractivity contribution in [2.45, 2.75) is 40.0 Å². The molecule has 0 bridgehead atoms. The molecule has 116 valence electrons. The molecule has 1 heterocycles. The Kier molecular flexibility index (Phi) is 5.65. The Hall–Kier alpha value is -1.06. The summed E-state index contributed by atoms with van der Waals surface area (Å²) in [6, 6.07) is 1.88. The van der Waals surface area contributed by atoms with Crippen LogP contribution in [0, 0.1) is 13.8 Å². The Balaban J connectivity index is 2.27. The number of nitrogens with zero attached hydrogens (tertiary/aromatic N) is 1. The largest absolute Gasteiger partial charge is 0.493 e. The quantitative estimate of drug-likeness (QED) is 0.769. The molecule has 0 spiro atoms. The van der Waals surface area contributed by atoms with Gasteiger partial charge in [-0.2, -0.15) is 0 Å². The lowest BCUT2D eigenvalue weighted by molar-refractivity contribution is 0.0911. The number of ether oxygens (including phenoxy) is 1. The number of rotatable bonds is 5. The van der Waals surface area contributed by atoms with Crippen LogP contribution in [-0.4, -0.2) is 36.9 Å². The van der Waals surface area contributed by atoms with Crippen molar-refractivity contribution in [2.75, 3.05) is 26.2 Å². The summed E-state index contributed by atoms with van der Waals surface area (Å²) in [7, 11) is 0. The maximum absolute atomic E-state index is 12.7. The van der Waals surface area contributed by atoms with Crippen molar-refractivity contribution in [2.24, 2.45) is 0 Å². The fourth-order valence-corrected chi connectivity index (χ4v) is 3.09. The number of aryl methyl sites for hydroxylation is 1. The smallest absolute Gasteiger partial charge is 0.180 e. The minimum absolute atomic E-state index is 0.111. The third kappa shape index (κ3) is 3.78. The molecule has 0 radical (unpaired) electrons. The van der Waals surface area contributed by atoms with Gasteiger partial charge in [-0.3, -0.25) is 9.69 Å². The summed E-state index contributed by atoms with van der Waals surface area (Å²) in [5.41, 5.74) is 2.44. The average molecular weight is 310 g/mol. The van der Waals surface area contributed by atoms with E-state index in [4.69, 9.17) is 16.3 Å². The van der Waals surface area contributed by atoms with Gasteiger partial charge in [0, 0.05) is 5.02 Å². The van der Waals surface area contributed by atoms with Crippen LogP contribution in [0.15, 0.2) is 6.07 Å². The van der Waals surface area contributed by atoms with Crippen molar-refractivity contribution >= 4 is 17.4 Å². The van der Waals surface area contributed by atoms with E-state index in [1.165, 1.54) is 19.3 Å². The highest BCUT2D eigenvalue weighted by Gasteiger charge is 2.22. The molecule has 0 atom stereocenters. The van der Waals surface area contributed by atoms with Crippen molar-refractivity contribution in [3.8, 4) is 5.75 Å². The lowest BCUT2D eigenvalue weighted by Crippen LogP contribution is -2.34. The van der Waals surface area contributed by atoms with Crippen molar-refractivity contribution in [3.05, 3.63) is 27.8 Å². The summed E-state index contributed by atoms with van der Waals surface area (Å²) < 4.78 is 5.67. The van der Waals surface area contributed by atoms with Crippen LogP contribution in [-0.2, 0) is 0 Å². The first-order chi connectivity index (χ1) is 10.0. The molecule has 0 amide bonds. The fourth-order valence-electron chi connectivity index (χ4n) is 2.94. The minimum atomic E-state index is 0.111. The number of halogens is 1. The topological polar surface area (TPSA) is 29.5 Å². The zero-order valence-electron chi connectivity index (χ0n) is 13.2. The van der Waals surface area contributed by atoms with E-state index < -0.39 is 0 Å². The predicted molar refractivity (Wildman–Crippen MR) is 86.7 cm³/mol. The molecule has 4 heteroatoms. The number of hydrogen-bond acceptors (Lipinski definition) is 3. The maximum atomic E-state index is 12.7. The van der Waals surface area contributed by atoms with Gasteiger partial charge in [0.1, 0.15) is 5.75 Å². The van der Waals surface area contributed by atoms with E-state index in [1.807, 2.05) is 26.8 Å². The van der Waals surface area contributed by atoms with E-state index in [1.54, 1.807) is 0 Å². The lowest BCUT2D eigenvalue weighted by Gasteiger charge is -2.26. The zero-order chi connectivity index (χ0) is 15.4. The Morgan fingerprint density at radius 2 is 1.95 bits per heavy atom. The molecule has 21 heavy (non-hydrogen) atoms. The molecule has 3 nitrogen and oxygen atoms in total. The van der Waals surface area contributed by atoms with Gasteiger partial charge in [0.15, 0.2) is 5.78 Å². The normalized spacial score (nSPS) is 16.0. The molecular weight excluding hydrogens is 286 g/mol. The van der Waals surface area contributed by atoms with Gasteiger partial charge in [0.2, 0.25) is 0 Å². The predicted octanol–water partition coefficient (Wildman–Crippen LogP) is 4.02. The number of likely N-dealkylation sites (tertiary alicyclic amines) is 1. The molecule has 1 aromatic rings. The molecule has 1 aromatic carbocycles. The Morgan fingerprint density at radius 1 is 1.29 bits per heavy atom. The van der Waals surface area contributed by atoms with Crippen LogP contribution in [0.3, 0.4) is 0 Å².